The molecule has 36 heavy (non-hydrogen) atoms. The standard InChI is InChI=1S/C28H35N3O5/c1-18(2)15-20(17-32)31-24-27(35)30(16-19-9-5-4-6-10-19)14-8-12-28(24)23(26(31)34)22-21(36-28)11-7-13-29(3)25(22)33/h4-12,18,20-24,32H,13-17H2,1-3H3/t20-,21-,22+,23+,24?,28+/m1/s1. The number of amides is 3. The second-order valence-corrected chi connectivity index (χ2v) is 10.8. The van der Waals surface area contributed by atoms with E-state index in [4.69, 9.17) is 4.74 Å². The first-order valence-electron chi connectivity index (χ1n) is 12.8. The van der Waals surface area contributed by atoms with Crippen LogP contribution in [0, 0.1) is 17.8 Å². The minimum atomic E-state index is -1.27. The van der Waals surface area contributed by atoms with E-state index in [1.165, 1.54) is 0 Å². The summed E-state index contributed by atoms with van der Waals surface area (Å²) in [6.07, 6.45) is 7.44. The van der Waals surface area contributed by atoms with Gasteiger partial charge in [0.1, 0.15) is 11.6 Å². The van der Waals surface area contributed by atoms with Crippen molar-refractivity contribution in [2.45, 2.75) is 50.6 Å². The summed E-state index contributed by atoms with van der Waals surface area (Å²) in [4.78, 5) is 46.8. The SMILES string of the molecule is CC(C)C[C@H](CO)N1C(=O)[C@@H]2[C@H]3C(=O)N(C)CC=C[C@H]3O[C@@]23C=CCN(Cc2ccccc2)C(=O)C13. The molecule has 2 saturated heterocycles. The number of hydrogen-bond donors (Lipinski definition) is 1. The number of rotatable bonds is 6. The molecule has 4 heterocycles. The summed E-state index contributed by atoms with van der Waals surface area (Å²) >= 11 is 0. The van der Waals surface area contributed by atoms with Gasteiger partial charge in [-0.15, -0.1) is 0 Å². The summed E-state index contributed by atoms with van der Waals surface area (Å²) in [6, 6.07) is 8.24. The Bertz CT molecular complexity index is 1090. The second kappa shape index (κ2) is 9.48. The molecule has 4 aliphatic rings. The largest absolute Gasteiger partial charge is 0.394 e. The zero-order chi connectivity index (χ0) is 25.6. The molecule has 0 saturated carbocycles. The van der Waals surface area contributed by atoms with Crippen LogP contribution in [0.4, 0.5) is 0 Å². The van der Waals surface area contributed by atoms with Gasteiger partial charge in [-0.1, -0.05) is 68.5 Å². The molecule has 3 amide bonds. The molecule has 2 fully saturated rings. The number of ether oxygens (including phenoxy) is 1. The molecule has 5 rings (SSSR count). The fourth-order valence-electron chi connectivity index (χ4n) is 6.41. The van der Waals surface area contributed by atoms with Crippen LogP contribution < -0.4 is 0 Å². The third-order valence-corrected chi connectivity index (χ3v) is 7.95. The molecular formula is C28H35N3O5. The highest BCUT2D eigenvalue weighted by Crippen LogP contribution is 2.54. The molecule has 6 atom stereocenters. The van der Waals surface area contributed by atoms with Crippen LogP contribution in [0.25, 0.3) is 0 Å². The molecular weight excluding hydrogens is 458 g/mol. The molecule has 1 aromatic rings. The van der Waals surface area contributed by atoms with Crippen molar-refractivity contribution in [1.82, 2.24) is 14.7 Å². The van der Waals surface area contributed by atoms with Crippen LogP contribution in [0.1, 0.15) is 25.8 Å². The molecule has 0 aromatic heterocycles. The predicted octanol–water partition coefficient (Wildman–Crippen LogP) is 1.60. The summed E-state index contributed by atoms with van der Waals surface area (Å²) in [7, 11) is 1.72. The Labute approximate surface area is 212 Å². The normalized spacial score (nSPS) is 32.5. The summed E-state index contributed by atoms with van der Waals surface area (Å²) < 4.78 is 6.62. The van der Waals surface area contributed by atoms with Crippen molar-refractivity contribution in [3.8, 4) is 0 Å². The quantitative estimate of drug-likeness (QED) is 0.608. The molecule has 1 aromatic carbocycles. The minimum Gasteiger partial charge on any atom is -0.394 e. The van der Waals surface area contributed by atoms with Crippen LogP contribution in [-0.4, -0.2) is 88.1 Å². The number of carbonyl (C=O) groups excluding carboxylic acids is 3. The number of aliphatic hydroxyl groups excluding tert-OH is 1. The van der Waals surface area contributed by atoms with Gasteiger partial charge >= 0.3 is 0 Å². The maximum Gasteiger partial charge on any atom is 0.249 e. The smallest absolute Gasteiger partial charge is 0.249 e. The fourth-order valence-corrected chi connectivity index (χ4v) is 6.41. The monoisotopic (exact) mass is 493 g/mol. The van der Waals surface area contributed by atoms with Crippen LogP contribution in [0.3, 0.4) is 0 Å². The lowest BCUT2D eigenvalue weighted by molar-refractivity contribution is -0.151. The topological polar surface area (TPSA) is 90.4 Å². The fraction of sp³-hybridized carbons (Fsp3) is 0.536. The molecule has 8 heteroatoms. The Morgan fingerprint density at radius 1 is 1.06 bits per heavy atom. The third kappa shape index (κ3) is 3.87. The Morgan fingerprint density at radius 3 is 2.50 bits per heavy atom. The van der Waals surface area contributed by atoms with Crippen molar-refractivity contribution in [3.05, 3.63) is 60.2 Å². The number of fused-ring (bicyclic) bond motifs is 2. The van der Waals surface area contributed by atoms with Gasteiger partial charge in [-0.2, -0.15) is 0 Å². The van der Waals surface area contributed by atoms with Gasteiger partial charge in [0.2, 0.25) is 17.7 Å². The maximum absolute atomic E-state index is 14.3. The van der Waals surface area contributed by atoms with Gasteiger partial charge in [0.25, 0.3) is 0 Å². The van der Waals surface area contributed by atoms with Crippen molar-refractivity contribution in [2.75, 3.05) is 26.7 Å². The van der Waals surface area contributed by atoms with Gasteiger partial charge in [-0.05, 0) is 17.9 Å². The first-order valence-corrected chi connectivity index (χ1v) is 12.8. The van der Waals surface area contributed by atoms with Gasteiger partial charge in [-0.3, -0.25) is 14.4 Å². The second-order valence-electron chi connectivity index (χ2n) is 10.8. The van der Waals surface area contributed by atoms with E-state index in [1.54, 1.807) is 21.7 Å². The summed E-state index contributed by atoms with van der Waals surface area (Å²) in [5.74, 6) is -2.01. The molecule has 1 N–H and O–H groups in total. The highest BCUT2D eigenvalue weighted by atomic mass is 16.5. The third-order valence-electron chi connectivity index (χ3n) is 7.95. The Morgan fingerprint density at radius 2 is 1.81 bits per heavy atom. The van der Waals surface area contributed by atoms with E-state index in [1.807, 2.05) is 68.5 Å². The highest BCUT2D eigenvalue weighted by molar-refractivity contribution is 6.00. The molecule has 192 valence electrons. The molecule has 1 unspecified atom stereocenters. The zero-order valence-electron chi connectivity index (χ0n) is 21.1. The number of nitrogens with zero attached hydrogens (tertiary/aromatic N) is 3. The van der Waals surface area contributed by atoms with Gasteiger partial charge in [-0.25, -0.2) is 0 Å². The highest BCUT2D eigenvalue weighted by Gasteiger charge is 2.72. The number of likely N-dealkylation sites (tertiary alicyclic amines) is 1. The van der Waals surface area contributed by atoms with Gasteiger partial charge in [0, 0.05) is 26.7 Å². The van der Waals surface area contributed by atoms with E-state index in [0.717, 1.165) is 5.56 Å². The van der Waals surface area contributed by atoms with Crippen LogP contribution in [0.15, 0.2) is 54.6 Å². The van der Waals surface area contributed by atoms with E-state index in [0.29, 0.717) is 26.1 Å². The van der Waals surface area contributed by atoms with E-state index in [-0.39, 0.29) is 30.2 Å². The van der Waals surface area contributed by atoms with Crippen molar-refractivity contribution < 1.29 is 24.2 Å². The lowest BCUT2D eigenvalue weighted by Crippen LogP contribution is -2.58. The summed E-state index contributed by atoms with van der Waals surface area (Å²) in [6.45, 7) is 5.00. The Kier molecular flexibility index (Phi) is 6.51. The van der Waals surface area contributed by atoms with Crippen molar-refractivity contribution >= 4 is 17.7 Å². The molecule has 0 radical (unpaired) electrons. The van der Waals surface area contributed by atoms with Crippen LogP contribution in [-0.2, 0) is 25.7 Å². The van der Waals surface area contributed by atoms with E-state index >= 15 is 0 Å². The number of carbonyl (C=O) groups is 3. The van der Waals surface area contributed by atoms with E-state index in [9.17, 15) is 19.5 Å². The molecule has 0 aliphatic carbocycles. The van der Waals surface area contributed by atoms with Gasteiger partial charge < -0.3 is 24.5 Å². The van der Waals surface area contributed by atoms with Gasteiger partial charge in [0.05, 0.1) is 30.6 Å². The Hall–Kier alpha value is -2.97. The van der Waals surface area contributed by atoms with Crippen LogP contribution in [0.2, 0.25) is 0 Å². The van der Waals surface area contributed by atoms with Crippen molar-refractivity contribution in [1.29, 1.82) is 0 Å². The van der Waals surface area contributed by atoms with Crippen LogP contribution in [0.5, 0.6) is 0 Å². The number of hydrogen-bond acceptors (Lipinski definition) is 5. The zero-order valence-corrected chi connectivity index (χ0v) is 21.1. The predicted molar refractivity (Wildman–Crippen MR) is 133 cm³/mol. The summed E-state index contributed by atoms with van der Waals surface area (Å²) in [5.41, 5.74) is -0.280. The van der Waals surface area contributed by atoms with Crippen LogP contribution >= 0.6 is 0 Å². The van der Waals surface area contributed by atoms with Crippen molar-refractivity contribution in [3.63, 3.8) is 0 Å². The molecule has 0 bridgehead atoms. The van der Waals surface area contributed by atoms with Gasteiger partial charge in [0.15, 0.2) is 0 Å². The Balaban J connectivity index is 1.60. The summed E-state index contributed by atoms with van der Waals surface area (Å²) in [5, 5.41) is 10.4. The first-order chi connectivity index (χ1) is 17.3. The number of aliphatic hydroxyl groups is 1. The first kappa shape index (κ1) is 24.7. The molecule has 8 nitrogen and oxygen atoms in total. The molecule has 1 spiro atoms. The number of likely N-dealkylation sites (N-methyl/N-ethyl adjacent to an activating group) is 1. The van der Waals surface area contributed by atoms with Crippen molar-refractivity contribution in [2.24, 2.45) is 17.8 Å². The lowest BCUT2D eigenvalue weighted by Gasteiger charge is -2.39. The van der Waals surface area contributed by atoms with E-state index < -0.39 is 35.6 Å². The lowest BCUT2D eigenvalue weighted by atomic mass is 9.77. The minimum absolute atomic E-state index is 0.156. The average molecular weight is 494 g/mol. The average Bonchev–Trinajstić information content (AvgIpc) is 3.19. The van der Waals surface area contributed by atoms with E-state index in [2.05, 4.69) is 0 Å². The molecule has 4 aliphatic heterocycles. The maximum atomic E-state index is 14.3. The number of benzene rings is 1.